The van der Waals surface area contributed by atoms with Crippen LogP contribution in [0.5, 0.6) is 17.2 Å². The average molecular weight is 517 g/mol. The molecule has 198 valence electrons. The number of nitrogens with one attached hydrogen (secondary N) is 1. The lowest BCUT2D eigenvalue weighted by atomic mass is 9.93. The van der Waals surface area contributed by atoms with Crippen LogP contribution in [0.25, 0.3) is 5.76 Å². The molecular weight excluding hydrogens is 484 g/mol. The van der Waals surface area contributed by atoms with Gasteiger partial charge in [0.25, 0.3) is 5.91 Å². The Bertz CT molecular complexity index is 1370. The summed E-state index contributed by atoms with van der Waals surface area (Å²) < 4.78 is 16.6. The Morgan fingerprint density at radius 1 is 1.05 bits per heavy atom. The number of nitrogens with zero attached hydrogens (tertiary/aromatic N) is 1. The Kier molecular flexibility index (Phi) is 8.00. The summed E-state index contributed by atoms with van der Waals surface area (Å²) in [6.07, 6.45) is 3.51. The number of hydrogen-bond acceptors (Lipinski definition) is 6. The van der Waals surface area contributed by atoms with E-state index in [-0.39, 0.29) is 12.1 Å². The van der Waals surface area contributed by atoms with Gasteiger partial charge in [-0.25, -0.2) is 4.98 Å². The van der Waals surface area contributed by atoms with Gasteiger partial charge in [0.1, 0.15) is 5.75 Å². The molecule has 2 aromatic carbocycles. The lowest BCUT2D eigenvalue weighted by Crippen LogP contribution is -2.29. The van der Waals surface area contributed by atoms with E-state index in [0.717, 1.165) is 5.56 Å². The van der Waals surface area contributed by atoms with Gasteiger partial charge in [0.15, 0.2) is 23.9 Å². The molecule has 8 heteroatoms. The van der Waals surface area contributed by atoms with Gasteiger partial charge in [-0.05, 0) is 59.9 Å². The number of H-pyrrole nitrogens is 1. The van der Waals surface area contributed by atoms with Crippen LogP contribution < -0.4 is 24.3 Å². The molecule has 2 heterocycles. The standard InChI is InChI=1S/C30H32N2O6/c1-18(2)17-38-22-9-10-23(19(3)13-22)28(33)26-27(21-8-11-24(36-4)25(14-21)37-5)32(30(35)29(26)34)16-20-7-6-12-31-15-20/h6-15,18,27,33H,16-17H2,1-5H3/b28-26+. The molecule has 38 heavy (non-hydrogen) atoms. The number of rotatable bonds is 9. The van der Waals surface area contributed by atoms with Crippen molar-refractivity contribution < 1.29 is 33.9 Å². The second-order valence-electron chi connectivity index (χ2n) is 9.62. The first-order chi connectivity index (χ1) is 18.2. The molecule has 0 bridgehead atoms. The number of methoxy groups -OCH3 is 2. The summed E-state index contributed by atoms with van der Waals surface area (Å²) in [7, 11) is 3.03. The van der Waals surface area contributed by atoms with Crippen molar-refractivity contribution >= 4 is 17.4 Å². The second-order valence-corrected chi connectivity index (χ2v) is 9.62. The predicted molar refractivity (Wildman–Crippen MR) is 139 cm³/mol. The zero-order valence-corrected chi connectivity index (χ0v) is 22.2. The summed E-state index contributed by atoms with van der Waals surface area (Å²) >= 11 is 0. The van der Waals surface area contributed by atoms with Crippen molar-refractivity contribution in [3.8, 4) is 17.2 Å². The summed E-state index contributed by atoms with van der Waals surface area (Å²) in [5.41, 5.74) is 2.26. The van der Waals surface area contributed by atoms with Crippen LogP contribution in [0.4, 0.5) is 0 Å². The van der Waals surface area contributed by atoms with Crippen LogP contribution in [-0.2, 0) is 16.1 Å². The van der Waals surface area contributed by atoms with Gasteiger partial charge >= 0.3 is 0 Å². The van der Waals surface area contributed by atoms with Crippen molar-refractivity contribution in [1.29, 1.82) is 0 Å². The fourth-order valence-electron chi connectivity index (χ4n) is 4.52. The lowest BCUT2D eigenvalue weighted by molar-refractivity contribution is -0.378. The Hall–Kier alpha value is -4.33. The summed E-state index contributed by atoms with van der Waals surface area (Å²) in [4.78, 5) is 31.1. The minimum atomic E-state index is -0.904. The maximum atomic E-state index is 13.9. The van der Waals surface area contributed by atoms with E-state index in [1.165, 1.54) is 19.1 Å². The van der Waals surface area contributed by atoms with Crippen LogP contribution >= 0.6 is 0 Å². The van der Waals surface area contributed by atoms with Gasteiger partial charge in [-0.1, -0.05) is 31.7 Å². The number of aromatic amines is 1. The van der Waals surface area contributed by atoms with E-state index in [9.17, 15) is 14.7 Å². The first-order valence-corrected chi connectivity index (χ1v) is 12.4. The first-order valence-electron chi connectivity index (χ1n) is 12.4. The smallest absolute Gasteiger partial charge is 0.295 e. The van der Waals surface area contributed by atoms with E-state index in [1.54, 1.807) is 55.7 Å². The Morgan fingerprint density at radius 2 is 1.82 bits per heavy atom. The molecule has 1 aliphatic rings. The highest BCUT2D eigenvalue weighted by Gasteiger charge is 2.44. The normalized spacial score (nSPS) is 16.7. The number of carbonyl (C=O) groups is 2. The predicted octanol–water partition coefficient (Wildman–Crippen LogP) is 3.29. The van der Waals surface area contributed by atoms with E-state index in [2.05, 4.69) is 18.8 Å². The minimum Gasteiger partial charge on any atom is -0.872 e. The van der Waals surface area contributed by atoms with Crippen LogP contribution in [0, 0.1) is 12.8 Å². The third-order valence-corrected chi connectivity index (χ3v) is 6.40. The molecule has 1 atom stereocenters. The van der Waals surface area contributed by atoms with Crippen molar-refractivity contribution in [1.82, 2.24) is 4.90 Å². The first kappa shape index (κ1) is 26.7. The number of carbonyl (C=O) groups excluding carboxylic acids is 2. The van der Waals surface area contributed by atoms with Gasteiger partial charge in [0.05, 0.1) is 33.4 Å². The van der Waals surface area contributed by atoms with Gasteiger partial charge in [-0.15, -0.1) is 0 Å². The summed E-state index contributed by atoms with van der Waals surface area (Å²) in [6, 6.07) is 13.0. The molecular formula is C30H32N2O6. The van der Waals surface area contributed by atoms with Crippen molar-refractivity contribution in [3.63, 3.8) is 0 Å². The van der Waals surface area contributed by atoms with Gasteiger partial charge in [0, 0.05) is 17.2 Å². The van der Waals surface area contributed by atoms with Crippen LogP contribution in [0.15, 0.2) is 66.5 Å². The number of pyridine rings is 1. The number of ether oxygens (including phenoxy) is 3. The van der Waals surface area contributed by atoms with E-state index in [0.29, 0.717) is 46.5 Å². The van der Waals surface area contributed by atoms with Crippen LogP contribution in [0.1, 0.15) is 42.1 Å². The molecule has 1 unspecified atom stereocenters. The van der Waals surface area contributed by atoms with Gasteiger partial charge in [-0.2, -0.15) is 0 Å². The third kappa shape index (κ3) is 5.34. The van der Waals surface area contributed by atoms with Crippen LogP contribution in [-0.4, -0.2) is 37.4 Å². The number of amides is 1. The number of ketones is 1. The third-order valence-electron chi connectivity index (χ3n) is 6.40. The number of benzene rings is 2. The lowest BCUT2D eigenvalue weighted by Gasteiger charge is -2.28. The molecule has 1 amide bonds. The number of likely N-dealkylation sites (tertiary alicyclic amines) is 1. The molecule has 1 N–H and O–H groups in total. The molecule has 0 radical (unpaired) electrons. The Morgan fingerprint density at radius 3 is 2.45 bits per heavy atom. The summed E-state index contributed by atoms with van der Waals surface area (Å²) in [5.74, 6) is -0.107. The molecule has 0 saturated carbocycles. The molecule has 4 rings (SSSR count). The molecule has 8 nitrogen and oxygen atoms in total. The molecule has 1 aliphatic heterocycles. The average Bonchev–Trinajstić information content (AvgIpc) is 3.16. The van der Waals surface area contributed by atoms with Gasteiger partial charge < -0.3 is 24.2 Å². The molecule has 1 aromatic heterocycles. The summed E-state index contributed by atoms with van der Waals surface area (Å²) in [5, 5.41) is 13.9. The molecule has 1 saturated heterocycles. The quantitative estimate of drug-likeness (QED) is 0.246. The van der Waals surface area contributed by atoms with Crippen molar-refractivity contribution in [2.75, 3.05) is 20.8 Å². The number of aromatic nitrogens is 1. The molecule has 0 spiro atoms. The zero-order valence-electron chi connectivity index (χ0n) is 22.2. The highest BCUT2D eigenvalue weighted by molar-refractivity contribution is 6.46. The van der Waals surface area contributed by atoms with Crippen molar-refractivity contribution in [2.45, 2.75) is 33.4 Å². The number of Topliss-reactive ketones (excluding diaryl/α,β-unsaturated/α-hetero) is 1. The topological polar surface area (TPSA) is 102 Å². The number of hydrogen-bond donors (Lipinski definition) is 0. The summed E-state index contributed by atoms with van der Waals surface area (Å²) in [6.45, 7) is 6.58. The highest BCUT2D eigenvalue weighted by Crippen LogP contribution is 2.42. The molecule has 3 aromatic rings. The fourth-order valence-corrected chi connectivity index (χ4v) is 4.52. The SMILES string of the molecule is COc1ccc(C2/C(=C(\[O-])c3ccc(OCC(C)C)cc3C)C(=O)C(=O)N2Cc2ccc[nH+]c2)cc1OC. The van der Waals surface area contributed by atoms with Crippen LogP contribution in [0.3, 0.4) is 0 Å². The molecule has 1 fully saturated rings. The van der Waals surface area contributed by atoms with Crippen molar-refractivity contribution in [3.05, 3.63) is 88.8 Å². The highest BCUT2D eigenvalue weighted by atomic mass is 16.5. The van der Waals surface area contributed by atoms with Gasteiger partial charge in [-0.3, -0.25) is 9.59 Å². The van der Waals surface area contributed by atoms with E-state index in [4.69, 9.17) is 14.2 Å². The van der Waals surface area contributed by atoms with Gasteiger partial charge in [0.2, 0.25) is 5.78 Å². The zero-order chi connectivity index (χ0) is 27.4. The van der Waals surface area contributed by atoms with E-state index in [1.807, 2.05) is 12.1 Å². The largest absolute Gasteiger partial charge is 0.872 e. The fraction of sp³-hybridized carbons (Fsp3) is 0.300. The molecule has 0 aliphatic carbocycles. The van der Waals surface area contributed by atoms with E-state index >= 15 is 0 Å². The number of aryl methyl sites for hydroxylation is 1. The van der Waals surface area contributed by atoms with Crippen LogP contribution in [0.2, 0.25) is 0 Å². The second kappa shape index (κ2) is 11.4. The maximum Gasteiger partial charge on any atom is 0.295 e. The van der Waals surface area contributed by atoms with E-state index < -0.39 is 23.5 Å². The van der Waals surface area contributed by atoms with Crippen molar-refractivity contribution in [2.24, 2.45) is 5.92 Å². The monoisotopic (exact) mass is 516 g/mol. The minimum absolute atomic E-state index is 0.0962. The Balaban J connectivity index is 1.84. The maximum absolute atomic E-state index is 13.9. The Labute approximate surface area is 222 Å².